The highest BCUT2D eigenvalue weighted by molar-refractivity contribution is 7.90. The molecule has 0 aromatic heterocycles. The highest BCUT2D eigenvalue weighted by Gasteiger charge is 2.39. The Morgan fingerprint density at radius 2 is 2.06 bits per heavy atom. The molecule has 1 N–H and O–H groups in total. The first-order valence-corrected chi connectivity index (χ1v) is 7.38. The van der Waals surface area contributed by atoms with Crippen molar-refractivity contribution >= 4 is 21.4 Å². The van der Waals surface area contributed by atoms with Crippen LogP contribution in [0.2, 0.25) is 0 Å². The standard InChI is InChI=1S/C12H15NO3S/c1-8-6-11(8)12(14)13-9-4-3-5-10(7-9)17(2,15)16/h3-5,7-8,11H,6H2,1-2H3,(H,13,14)/t8-,11-/m0/s1. The van der Waals surface area contributed by atoms with Gasteiger partial charge in [0.25, 0.3) is 0 Å². The Hall–Kier alpha value is -1.36. The Labute approximate surface area is 101 Å². The van der Waals surface area contributed by atoms with Gasteiger partial charge in [0.15, 0.2) is 9.84 Å². The van der Waals surface area contributed by atoms with Gasteiger partial charge < -0.3 is 5.32 Å². The normalized spacial score (nSPS) is 23.2. The lowest BCUT2D eigenvalue weighted by Gasteiger charge is -2.06. The average molecular weight is 253 g/mol. The minimum absolute atomic E-state index is 0.0249. The summed E-state index contributed by atoms with van der Waals surface area (Å²) in [7, 11) is -3.23. The molecule has 5 heteroatoms. The van der Waals surface area contributed by atoms with Crippen LogP contribution in [-0.2, 0) is 14.6 Å². The molecule has 2 rings (SSSR count). The molecule has 0 spiro atoms. The molecule has 0 unspecified atom stereocenters. The number of hydrogen-bond donors (Lipinski definition) is 1. The van der Waals surface area contributed by atoms with Crippen molar-refractivity contribution in [2.24, 2.45) is 11.8 Å². The number of nitrogens with one attached hydrogen (secondary N) is 1. The number of sulfone groups is 1. The summed E-state index contributed by atoms with van der Waals surface area (Å²) in [6.45, 7) is 2.02. The molecule has 1 aromatic rings. The van der Waals surface area contributed by atoms with E-state index < -0.39 is 9.84 Å². The van der Waals surface area contributed by atoms with Gasteiger partial charge in [0, 0.05) is 17.9 Å². The zero-order valence-corrected chi connectivity index (χ0v) is 10.6. The summed E-state index contributed by atoms with van der Waals surface area (Å²) < 4.78 is 22.7. The summed E-state index contributed by atoms with van der Waals surface area (Å²) in [6, 6.07) is 6.33. The molecule has 1 amide bonds. The first-order valence-electron chi connectivity index (χ1n) is 5.49. The number of carbonyl (C=O) groups is 1. The molecule has 92 valence electrons. The van der Waals surface area contributed by atoms with Crippen LogP contribution in [0.25, 0.3) is 0 Å². The maximum Gasteiger partial charge on any atom is 0.227 e. The molecule has 0 aliphatic heterocycles. The second-order valence-electron chi connectivity index (χ2n) is 4.61. The second-order valence-corrected chi connectivity index (χ2v) is 6.62. The molecule has 1 aromatic carbocycles. The van der Waals surface area contributed by atoms with Crippen molar-refractivity contribution in [2.45, 2.75) is 18.2 Å². The van der Waals surface area contributed by atoms with Gasteiger partial charge in [-0.2, -0.15) is 0 Å². The van der Waals surface area contributed by atoms with Gasteiger partial charge in [0.05, 0.1) is 4.90 Å². The van der Waals surface area contributed by atoms with Gasteiger partial charge in [-0.05, 0) is 30.5 Å². The van der Waals surface area contributed by atoms with Crippen molar-refractivity contribution in [1.82, 2.24) is 0 Å². The van der Waals surface area contributed by atoms with Crippen LogP contribution in [0, 0.1) is 11.8 Å². The fraction of sp³-hybridized carbons (Fsp3) is 0.417. The lowest BCUT2D eigenvalue weighted by molar-refractivity contribution is -0.117. The van der Waals surface area contributed by atoms with Crippen LogP contribution >= 0.6 is 0 Å². The molecule has 1 fully saturated rings. The summed E-state index contributed by atoms with van der Waals surface area (Å²) in [6.07, 6.45) is 2.06. The molecule has 0 heterocycles. The summed E-state index contributed by atoms with van der Waals surface area (Å²) in [4.78, 5) is 11.9. The number of hydrogen-bond acceptors (Lipinski definition) is 3. The third kappa shape index (κ3) is 2.85. The first kappa shape index (κ1) is 12.1. The van der Waals surface area contributed by atoms with Gasteiger partial charge >= 0.3 is 0 Å². The van der Waals surface area contributed by atoms with Gasteiger partial charge in [-0.25, -0.2) is 8.42 Å². The Morgan fingerprint density at radius 3 is 2.59 bits per heavy atom. The molecule has 0 bridgehead atoms. The van der Waals surface area contributed by atoms with Crippen molar-refractivity contribution in [3.63, 3.8) is 0 Å². The van der Waals surface area contributed by atoms with E-state index in [0.717, 1.165) is 12.7 Å². The predicted molar refractivity (Wildman–Crippen MR) is 65.5 cm³/mol. The van der Waals surface area contributed by atoms with Gasteiger partial charge in [-0.3, -0.25) is 4.79 Å². The number of anilines is 1. The van der Waals surface area contributed by atoms with Gasteiger partial charge in [0.2, 0.25) is 5.91 Å². The van der Waals surface area contributed by atoms with E-state index in [9.17, 15) is 13.2 Å². The molecule has 1 saturated carbocycles. The van der Waals surface area contributed by atoms with E-state index in [4.69, 9.17) is 0 Å². The zero-order valence-electron chi connectivity index (χ0n) is 9.80. The Morgan fingerprint density at radius 1 is 1.41 bits per heavy atom. The second kappa shape index (κ2) is 4.14. The van der Waals surface area contributed by atoms with Crippen molar-refractivity contribution in [1.29, 1.82) is 0 Å². The van der Waals surface area contributed by atoms with Crippen LogP contribution in [0.15, 0.2) is 29.2 Å². The summed E-state index contributed by atoms with van der Waals surface area (Å²) in [5.74, 6) is 0.494. The van der Waals surface area contributed by atoms with E-state index in [2.05, 4.69) is 5.32 Å². The maximum atomic E-state index is 11.7. The fourth-order valence-electron chi connectivity index (χ4n) is 1.73. The summed E-state index contributed by atoms with van der Waals surface area (Å²) in [5.41, 5.74) is 0.539. The number of rotatable bonds is 3. The highest BCUT2D eigenvalue weighted by Crippen LogP contribution is 2.38. The Kier molecular flexibility index (Phi) is 2.95. The van der Waals surface area contributed by atoms with Crippen LogP contribution in [-0.4, -0.2) is 20.6 Å². The lowest BCUT2D eigenvalue weighted by Crippen LogP contribution is -2.14. The largest absolute Gasteiger partial charge is 0.326 e. The van der Waals surface area contributed by atoms with E-state index in [1.807, 2.05) is 6.92 Å². The van der Waals surface area contributed by atoms with Crippen LogP contribution in [0.3, 0.4) is 0 Å². The van der Waals surface area contributed by atoms with Gasteiger partial charge in [-0.1, -0.05) is 13.0 Å². The molecule has 0 radical (unpaired) electrons. The quantitative estimate of drug-likeness (QED) is 0.891. The SMILES string of the molecule is C[C@H]1C[C@@H]1C(=O)Nc1cccc(S(C)(=O)=O)c1. The monoisotopic (exact) mass is 253 g/mol. The molecule has 1 aliphatic rings. The van der Waals surface area contributed by atoms with Crippen LogP contribution in [0.5, 0.6) is 0 Å². The van der Waals surface area contributed by atoms with Crippen molar-refractivity contribution in [3.05, 3.63) is 24.3 Å². The Bertz CT molecular complexity index is 551. The van der Waals surface area contributed by atoms with E-state index in [-0.39, 0.29) is 16.7 Å². The molecular formula is C12H15NO3S. The molecule has 17 heavy (non-hydrogen) atoms. The average Bonchev–Trinajstić information content (AvgIpc) is 2.95. The van der Waals surface area contributed by atoms with E-state index in [0.29, 0.717) is 11.6 Å². The molecule has 0 saturated heterocycles. The predicted octanol–water partition coefficient (Wildman–Crippen LogP) is 1.68. The maximum absolute atomic E-state index is 11.7. The fourth-order valence-corrected chi connectivity index (χ4v) is 2.39. The van der Waals surface area contributed by atoms with Crippen LogP contribution < -0.4 is 5.32 Å². The van der Waals surface area contributed by atoms with Gasteiger partial charge in [0.1, 0.15) is 0 Å². The van der Waals surface area contributed by atoms with Crippen molar-refractivity contribution in [2.75, 3.05) is 11.6 Å². The first-order chi connectivity index (χ1) is 7.88. The third-order valence-corrected chi connectivity index (χ3v) is 4.09. The number of amides is 1. The minimum Gasteiger partial charge on any atom is -0.326 e. The van der Waals surface area contributed by atoms with Crippen molar-refractivity contribution in [3.8, 4) is 0 Å². The van der Waals surface area contributed by atoms with Crippen LogP contribution in [0.4, 0.5) is 5.69 Å². The third-order valence-electron chi connectivity index (χ3n) is 2.98. The van der Waals surface area contributed by atoms with Gasteiger partial charge in [-0.15, -0.1) is 0 Å². The zero-order chi connectivity index (χ0) is 12.6. The highest BCUT2D eigenvalue weighted by atomic mass is 32.2. The molecular weight excluding hydrogens is 238 g/mol. The number of benzene rings is 1. The van der Waals surface area contributed by atoms with Crippen molar-refractivity contribution < 1.29 is 13.2 Å². The molecule has 4 nitrogen and oxygen atoms in total. The molecule has 1 aliphatic carbocycles. The lowest BCUT2D eigenvalue weighted by atomic mass is 10.3. The smallest absolute Gasteiger partial charge is 0.227 e. The molecule has 2 atom stereocenters. The summed E-state index contributed by atoms with van der Waals surface area (Å²) in [5, 5.41) is 2.74. The summed E-state index contributed by atoms with van der Waals surface area (Å²) >= 11 is 0. The van der Waals surface area contributed by atoms with Crippen LogP contribution in [0.1, 0.15) is 13.3 Å². The van der Waals surface area contributed by atoms with E-state index >= 15 is 0 Å². The van der Waals surface area contributed by atoms with E-state index in [1.165, 1.54) is 12.1 Å². The minimum atomic E-state index is -3.23. The topological polar surface area (TPSA) is 63.2 Å². The van der Waals surface area contributed by atoms with E-state index in [1.54, 1.807) is 12.1 Å². The number of carbonyl (C=O) groups excluding carboxylic acids is 1. The Balaban J connectivity index is 2.14.